The molecule has 0 spiro atoms. The summed E-state index contributed by atoms with van der Waals surface area (Å²) in [4.78, 5) is 22.7. The van der Waals surface area contributed by atoms with Crippen molar-refractivity contribution in [3.8, 4) is 5.75 Å². The Hall–Kier alpha value is -1.85. The van der Waals surface area contributed by atoms with E-state index in [9.17, 15) is 9.59 Å². The number of carbonyl (C=O) groups excluding carboxylic acids is 1. The molecule has 21 heavy (non-hydrogen) atoms. The lowest BCUT2D eigenvalue weighted by Gasteiger charge is -2.07. The number of esters is 1. The first-order valence-electron chi connectivity index (χ1n) is 5.93. The highest BCUT2D eigenvalue weighted by molar-refractivity contribution is 9.10. The van der Waals surface area contributed by atoms with Gasteiger partial charge in [0.25, 0.3) is 0 Å². The molecule has 0 amide bonds. The maximum atomic E-state index is 11.8. The van der Waals surface area contributed by atoms with Gasteiger partial charge in [0, 0.05) is 5.02 Å². The normalized spacial score (nSPS) is 10.2. The van der Waals surface area contributed by atoms with E-state index < -0.39 is 11.9 Å². The number of ether oxygens (including phenoxy) is 1. The van der Waals surface area contributed by atoms with Crippen LogP contribution in [0.4, 0.5) is 0 Å². The van der Waals surface area contributed by atoms with Gasteiger partial charge >= 0.3 is 11.9 Å². The number of aromatic carboxylic acids is 1. The Morgan fingerprint density at radius 2 is 1.81 bits per heavy atom. The van der Waals surface area contributed by atoms with Gasteiger partial charge in [-0.15, -0.1) is 0 Å². The van der Waals surface area contributed by atoms with Gasteiger partial charge in [-0.25, -0.2) is 4.79 Å². The minimum Gasteiger partial charge on any atom is -0.478 e. The third-order valence-corrected chi connectivity index (χ3v) is 3.54. The molecule has 0 bridgehead atoms. The van der Waals surface area contributed by atoms with E-state index in [0.29, 0.717) is 9.50 Å². The van der Waals surface area contributed by atoms with E-state index in [2.05, 4.69) is 15.9 Å². The second kappa shape index (κ2) is 6.74. The Morgan fingerprint density at radius 1 is 1.14 bits per heavy atom. The van der Waals surface area contributed by atoms with Crippen LogP contribution < -0.4 is 4.74 Å². The summed E-state index contributed by atoms with van der Waals surface area (Å²) in [6, 6.07) is 11.1. The second-order valence-electron chi connectivity index (χ2n) is 4.23. The number of benzene rings is 2. The van der Waals surface area contributed by atoms with Gasteiger partial charge in [0.1, 0.15) is 5.75 Å². The smallest absolute Gasteiger partial charge is 0.335 e. The zero-order valence-electron chi connectivity index (χ0n) is 10.7. The Bertz CT molecular complexity index is 683. The quantitative estimate of drug-likeness (QED) is 0.655. The summed E-state index contributed by atoms with van der Waals surface area (Å²) in [5, 5.41) is 9.46. The van der Waals surface area contributed by atoms with Crippen molar-refractivity contribution in [3.63, 3.8) is 0 Å². The Kier molecular flexibility index (Phi) is 4.98. The molecule has 2 aromatic rings. The van der Waals surface area contributed by atoms with E-state index in [0.717, 1.165) is 5.56 Å². The zero-order chi connectivity index (χ0) is 15.4. The fourth-order valence-electron chi connectivity index (χ4n) is 1.64. The minimum absolute atomic E-state index is 0.101. The molecule has 0 fully saturated rings. The van der Waals surface area contributed by atoms with Crippen molar-refractivity contribution in [3.05, 3.63) is 63.1 Å². The average molecular weight is 370 g/mol. The van der Waals surface area contributed by atoms with E-state index in [1.165, 1.54) is 18.2 Å². The lowest BCUT2D eigenvalue weighted by molar-refractivity contribution is -0.133. The van der Waals surface area contributed by atoms with Crippen LogP contribution in [-0.4, -0.2) is 17.0 Å². The molecule has 108 valence electrons. The van der Waals surface area contributed by atoms with Gasteiger partial charge in [-0.3, -0.25) is 4.79 Å². The molecule has 0 atom stereocenters. The predicted molar refractivity (Wildman–Crippen MR) is 81.9 cm³/mol. The SMILES string of the molecule is O=C(Cc1ccc(Cl)cc1)Oc1ccc(C(=O)O)cc1Br. The molecule has 0 aliphatic carbocycles. The van der Waals surface area contributed by atoms with Gasteiger partial charge in [0.2, 0.25) is 0 Å². The van der Waals surface area contributed by atoms with Crippen LogP contribution in [0, 0.1) is 0 Å². The first-order valence-corrected chi connectivity index (χ1v) is 7.11. The Labute approximate surface area is 134 Å². The summed E-state index contributed by atoms with van der Waals surface area (Å²) in [5.74, 6) is -1.21. The highest BCUT2D eigenvalue weighted by atomic mass is 79.9. The molecule has 0 unspecified atom stereocenters. The van der Waals surface area contributed by atoms with Crippen molar-refractivity contribution in [2.24, 2.45) is 0 Å². The number of carboxylic acids is 1. The van der Waals surface area contributed by atoms with Crippen molar-refractivity contribution >= 4 is 39.5 Å². The summed E-state index contributed by atoms with van der Waals surface area (Å²) in [7, 11) is 0. The van der Waals surface area contributed by atoms with Crippen molar-refractivity contribution in [2.45, 2.75) is 6.42 Å². The molecular formula is C15H10BrClO4. The fraction of sp³-hybridized carbons (Fsp3) is 0.0667. The van der Waals surface area contributed by atoms with Crippen LogP contribution in [-0.2, 0) is 11.2 Å². The number of halogens is 2. The molecule has 0 radical (unpaired) electrons. The Morgan fingerprint density at radius 3 is 2.38 bits per heavy atom. The minimum atomic E-state index is -1.05. The van der Waals surface area contributed by atoms with E-state index in [4.69, 9.17) is 21.4 Å². The van der Waals surface area contributed by atoms with Gasteiger partial charge in [-0.05, 0) is 51.8 Å². The number of carbonyl (C=O) groups is 2. The van der Waals surface area contributed by atoms with E-state index in [-0.39, 0.29) is 17.7 Å². The summed E-state index contributed by atoms with van der Waals surface area (Å²) in [6.07, 6.45) is 0.101. The summed E-state index contributed by atoms with van der Waals surface area (Å²) in [5.41, 5.74) is 0.891. The second-order valence-corrected chi connectivity index (χ2v) is 5.52. The lowest BCUT2D eigenvalue weighted by Crippen LogP contribution is -2.11. The van der Waals surface area contributed by atoms with Crippen LogP contribution in [0.3, 0.4) is 0 Å². The van der Waals surface area contributed by atoms with Crippen LogP contribution in [0.1, 0.15) is 15.9 Å². The van der Waals surface area contributed by atoms with Crippen LogP contribution in [0.15, 0.2) is 46.9 Å². The number of hydrogen-bond acceptors (Lipinski definition) is 3. The van der Waals surface area contributed by atoms with Gasteiger partial charge < -0.3 is 9.84 Å². The Balaban J connectivity index is 2.06. The zero-order valence-corrected chi connectivity index (χ0v) is 13.0. The number of hydrogen-bond donors (Lipinski definition) is 1. The van der Waals surface area contributed by atoms with E-state index in [1.54, 1.807) is 24.3 Å². The first-order chi connectivity index (χ1) is 9.95. The monoisotopic (exact) mass is 368 g/mol. The molecule has 0 aliphatic heterocycles. The molecule has 6 heteroatoms. The molecule has 0 aromatic heterocycles. The molecule has 1 N–H and O–H groups in total. The van der Waals surface area contributed by atoms with Crippen LogP contribution in [0.25, 0.3) is 0 Å². The van der Waals surface area contributed by atoms with Crippen LogP contribution in [0.2, 0.25) is 5.02 Å². The molecule has 0 aliphatic rings. The first kappa shape index (κ1) is 15.5. The molecular weight excluding hydrogens is 360 g/mol. The molecule has 0 saturated heterocycles. The topological polar surface area (TPSA) is 63.6 Å². The summed E-state index contributed by atoms with van der Waals surface area (Å²) >= 11 is 8.95. The van der Waals surface area contributed by atoms with E-state index >= 15 is 0 Å². The maximum Gasteiger partial charge on any atom is 0.335 e. The highest BCUT2D eigenvalue weighted by Crippen LogP contribution is 2.26. The standard InChI is InChI=1S/C15H10BrClO4/c16-12-8-10(15(19)20)3-6-13(12)21-14(18)7-9-1-4-11(17)5-2-9/h1-6,8H,7H2,(H,19,20). The summed E-state index contributed by atoms with van der Waals surface area (Å²) in [6.45, 7) is 0. The highest BCUT2D eigenvalue weighted by Gasteiger charge is 2.12. The van der Waals surface area contributed by atoms with E-state index in [1.807, 2.05) is 0 Å². The third-order valence-electron chi connectivity index (χ3n) is 2.66. The average Bonchev–Trinajstić information content (AvgIpc) is 2.43. The van der Waals surface area contributed by atoms with Crippen LogP contribution in [0.5, 0.6) is 5.75 Å². The van der Waals surface area contributed by atoms with Gasteiger partial charge in [0.15, 0.2) is 0 Å². The fourth-order valence-corrected chi connectivity index (χ4v) is 2.23. The predicted octanol–water partition coefficient (Wildman–Crippen LogP) is 3.95. The maximum absolute atomic E-state index is 11.8. The van der Waals surface area contributed by atoms with Crippen molar-refractivity contribution in [2.75, 3.05) is 0 Å². The van der Waals surface area contributed by atoms with Gasteiger partial charge in [-0.1, -0.05) is 23.7 Å². The molecule has 4 nitrogen and oxygen atoms in total. The van der Waals surface area contributed by atoms with Crippen molar-refractivity contribution in [1.82, 2.24) is 0 Å². The molecule has 2 aromatic carbocycles. The lowest BCUT2D eigenvalue weighted by atomic mass is 10.1. The largest absolute Gasteiger partial charge is 0.478 e. The summed E-state index contributed by atoms with van der Waals surface area (Å²) < 4.78 is 5.61. The van der Waals surface area contributed by atoms with Gasteiger partial charge in [-0.2, -0.15) is 0 Å². The van der Waals surface area contributed by atoms with Crippen LogP contribution >= 0.6 is 27.5 Å². The molecule has 0 heterocycles. The number of rotatable bonds is 4. The molecule has 2 rings (SSSR count). The van der Waals surface area contributed by atoms with Gasteiger partial charge in [0.05, 0.1) is 16.5 Å². The van der Waals surface area contributed by atoms with Crippen molar-refractivity contribution in [1.29, 1.82) is 0 Å². The number of carboxylic acid groups (broad SMARTS) is 1. The third kappa shape index (κ3) is 4.31. The van der Waals surface area contributed by atoms with Crippen molar-refractivity contribution < 1.29 is 19.4 Å². The molecule has 0 saturated carbocycles.